The second-order valence-electron chi connectivity index (χ2n) is 4.17. The highest BCUT2D eigenvalue weighted by atomic mass is 16.2. The third-order valence-electron chi connectivity index (χ3n) is 2.88. The van der Waals surface area contributed by atoms with E-state index in [9.17, 15) is 4.79 Å². The fourth-order valence-corrected chi connectivity index (χ4v) is 2.03. The van der Waals surface area contributed by atoms with Crippen LogP contribution in [0.2, 0.25) is 0 Å². The van der Waals surface area contributed by atoms with Gasteiger partial charge in [-0.2, -0.15) is 0 Å². The van der Waals surface area contributed by atoms with Crippen LogP contribution in [0.25, 0.3) is 0 Å². The van der Waals surface area contributed by atoms with Crippen molar-refractivity contribution < 1.29 is 4.79 Å². The van der Waals surface area contributed by atoms with Crippen molar-refractivity contribution in [3.63, 3.8) is 0 Å². The molecule has 1 fully saturated rings. The van der Waals surface area contributed by atoms with E-state index in [1.807, 2.05) is 0 Å². The molecule has 4 nitrogen and oxygen atoms in total. The molecular formula is C12H17N3O. The Kier molecular flexibility index (Phi) is 3.75. The zero-order valence-electron chi connectivity index (χ0n) is 9.28. The minimum atomic E-state index is -0.113. The molecule has 1 heterocycles. The van der Waals surface area contributed by atoms with E-state index in [1.54, 1.807) is 24.5 Å². The molecule has 1 aromatic heterocycles. The topological polar surface area (TPSA) is 54.0 Å². The van der Waals surface area contributed by atoms with E-state index >= 15 is 0 Å². The minimum absolute atomic E-state index is 0.113. The molecule has 1 aromatic rings. The highest BCUT2D eigenvalue weighted by molar-refractivity contribution is 5.89. The van der Waals surface area contributed by atoms with Gasteiger partial charge in [0, 0.05) is 24.1 Å². The van der Waals surface area contributed by atoms with E-state index in [1.165, 1.54) is 19.3 Å². The monoisotopic (exact) mass is 219 g/mol. The summed E-state index contributed by atoms with van der Waals surface area (Å²) in [4.78, 5) is 15.5. The smallest absolute Gasteiger partial charge is 0.319 e. The summed E-state index contributed by atoms with van der Waals surface area (Å²) in [6.45, 7) is 0. The molecule has 1 aliphatic carbocycles. The minimum Gasteiger partial charge on any atom is -0.335 e. The van der Waals surface area contributed by atoms with Gasteiger partial charge in [-0.3, -0.25) is 4.98 Å². The van der Waals surface area contributed by atoms with Crippen molar-refractivity contribution in [1.82, 2.24) is 10.3 Å². The molecule has 0 bridgehead atoms. The number of anilines is 1. The SMILES string of the molecule is O=C(Nc1ccncc1)NC1CCCCC1. The summed E-state index contributed by atoms with van der Waals surface area (Å²) < 4.78 is 0. The summed E-state index contributed by atoms with van der Waals surface area (Å²) in [5.74, 6) is 0. The second kappa shape index (κ2) is 5.49. The Morgan fingerprint density at radius 3 is 2.56 bits per heavy atom. The van der Waals surface area contributed by atoms with Gasteiger partial charge in [0.25, 0.3) is 0 Å². The normalized spacial score (nSPS) is 16.8. The summed E-state index contributed by atoms with van der Waals surface area (Å²) in [5.41, 5.74) is 0.781. The Hall–Kier alpha value is -1.58. The Morgan fingerprint density at radius 2 is 1.88 bits per heavy atom. The molecule has 4 heteroatoms. The first kappa shape index (κ1) is 10.9. The van der Waals surface area contributed by atoms with Crippen LogP contribution in [0.5, 0.6) is 0 Å². The predicted octanol–water partition coefficient (Wildman–Crippen LogP) is 2.54. The summed E-state index contributed by atoms with van der Waals surface area (Å²) in [6.07, 6.45) is 9.27. The van der Waals surface area contributed by atoms with Crippen LogP contribution >= 0.6 is 0 Å². The fourth-order valence-electron chi connectivity index (χ4n) is 2.03. The Balaban J connectivity index is 1.80. The molecular weight excluding hydrogens is 202 g/mol. The summed E-state index contributed by atoms with van der Waals surface area (Å²) in [6, 6.07) is 3.79. The van der Waals surface area contributed by atoms with Crippen molar-refractivity contribution in [3.8, 4) is 0 Å². The maximum atomic E-state index is 11.6. The van der Waals surface area contributed by atoms with Crippen LogP contribution in [-0.4, -0.2) is 17.1 Å². The molecule has 1 aliphatic rings. The molecule has 0 unspecified atom stereocenters. The van der Waals surface area contributed by atoms with Crippen molar-refractivity contribution in [2.24, 2.45) is 0 Å². The van der Waals surface area contributed by atoms with E-state index in [0.29, 0.717) is 6.04 Å². The standard InChI is InChI=1S/C12H17N3O/c16-12(14-10-4-2-1-3-5-10)15-11-6-8-13-9-7-11/h6-10H,1-5H2,(H2,13,14,15,16). The zero-order chi connectivity index (χ0) is 11.2. The zero-order valence-corrected chi connectivity index (χ0v) is 9.28. The average molecular weight is 219 g/mol. The number of hydrogen-bond acceptors (Lipinski definition) is 2. The van der Waals surface area contributed by atoms with Crippen LogP contribution in [0.15, 0.2) is 24.5 Å². The molecule has 0 spiro atoms. The van der Waals surface area contributed by atoms with Crippen LogP contribution in [0.4, 0.5) is 10.5 Å². The maximum absolute atomic E-state index is 11.6. The van der Waals surface area contributed by atoms with Gasteiger partial charge in [0.05, 0.1) is 0 Å². The van der Waals surface area contributed by atoms with Gasteiger partial charge in [0.1, 0.15) is 0 Å². The lowest BCUT2D eigenvalue weighted by atomic mass is 9.96. The number of amides is 2. The number of hydrogen-bond donors (Lipinski definition) is 2. The van der Waals surface area contributed by atoms with Gasteiger partial charge in [-0.15, -0.1) is 0 Å². The van der Waals surface area contributed by atoms with Crippen molar-refractivity contribution in [1.29, 1.82) is 0 Å². The molecule has 0 saturated heterocycles. The number of aromatic nitrogens is 1. The summed E-state index contributed by atoms with van der Waals surface area (Å²) in [7, 11) is 0. The van der Waals surface area contributed by atoms with E-state index in [-0.39, 0.29) is 6.03 Å². The third kappa shape index (κ3) is 3.22. The van der Waals surface area contributed by atoms with Crippen LogP contribution in [0.1, 0.15) is 32.1 Å². The van der Waals surface area contributed by atoms with Crippen molar-refractivity contribution in [2.75, 3.05) is 5.32 Å². The molecule has 2 rings (SSSR count). The van der Waals surface area contributed by atoms with Gasteiger partial charge in [-0.1, -0.05) is 19.3 Å². The van der Waals surface area contributed by atoms with Gasteiger partial charge in [-0.25, -0.2) is 4.79 Å². The van der Waals surface area contributed by atoms with Crippen LogP contribution in [-0.2, 0) is 0 Å². The van der Waals surface area contributed by atoms with Gasteiger partial charge in [-0.05, 0) is 25.0 Å². The number of urea groups is 1. The van der Waals surface area contributed by atoms with E-state index in [0.717, 1.165) is 18.5 Å². The molecule has 2 amide bonds. The van der Waals surface area contributed by atoms with E-state index in [4.69, 9.17) is 0 Å². The summed E-state index contributed by atoms with van der Waals surface area (Å²) in [5, 5.41) is 5.80. The molecule has 86 valence electrons. The van der Waals surface area contributed by atoms with Crippen molar-refractivity contribution >= 4 is 11.7 Å². The highest BCUT2D eigenvalue weighted by Gasteiger charge is 2.15. The first-order valence-electron chi connectivity index (χ1n) is 5.82. The van der Waals surface area contributed by atoms with E-state index < -0.39 is 0 Å². The Morgan fingerprint density at radius 1 is 1.19 bits per heavy atom. The number of pyridine rings is 1. The van der Waals surface area contributed by atoms with Gasteiger partial charge in [0.2, 0.25) is 0 Å². The Labute approximate surface area is 95.5 Å². The molecule has 0 radical (unpaired) electrons. The number of nitrogens with one attached hydrogen (secondary N) is 2. The predicted molar refractivity (Wildman–Crippen MR) is 63.3 cm³/mol. The van der Waals surface area contributed by atoms with Crippen LogP contribution in [0.3, 0.4) is 0 Å². The lowest BCUT2D eigenvalue weighted by Gasteiger charge is -2.22. The second-order valence-corrected chi connectivity index (χ2v) is 4.17. The third-order valence-corrected chi connectivity index (χ3v) is 2.88. The van der Waals surface area contributed by atoms with Gasteiger partial charge < -0.3 is 10.6 Å². The van der Waals surface area contributed by atoms with Gasteiger partial charge in [0.15, 0.2) is 0 Å². The summed E-state index contributed by atoms with van der Waals surface area (Å²) >= 11 is 0. The molecule has 0 aliphatic heterocycles. The molecule has 1 saturated carbocycles. The molecule has 0 atom stereocenters. The number of rotatable bonds is 2. The first-order chi connectivity index (χ1) is 7.84. The number of carbonyl (C=O) groups is 1. The number of nitrogens with zero attached hydrogens (tertiary/aromatic N) is 1. The largest absolute Gasteiger partial charge is 0.335 e. The lowest BCUT2D eigenvalue weighted by Crippen LogP contribution is -2.38. The van der Waals surface area contributed by atoms with E-state index in [2.05, 4.69) is 15.6 Å². The number of carbonyl (C=O) groups excluding carboxylic acids is 1. The first-order valence-corrected chi connectivity index (χ1v) is 5.82. The average Bonchev–Trinajstić information content (AvgIpc) is 2.31. The lowest BCUT2D eigenvalue weighted by molar-refractivity contribution is 0.244. The van der Waals surface area contributed by atoms with Crippen molar-refractivity contribution in [3.05, 3.63) is 24.5 Å². The quantitative estimate of drug-likeness (QED) is 0.803. The van der Waals surface area contributed by atoms with Crippen LogP contribution < -0.4 is 10.6 Å². The molecule has 16 heavy (non-hydrogen) atoms. The highest BCUT2D eigenvalue weighted by Crippen LogP contribution is 2.17. The molecule has 2 N–H and O–H groups in total. The maximum Gasteiger partial charge on any atom is 0.319 e. The Bertz CT molecular complexity index is 333. The molecule has 0 aromatic carbocycles. The van der Waals surface area contributed by atoms with Crippen LogP contribution in [0, 0.1) is 0 Å². The van der Waals surface area contributed by atoms with Gasteiger partial charge >= 0.3 is 6.03 Å². The van der Waals surface area contributed by atoms with Crippen molar-refractivity contribution in [2.45, 2.75) is 38.1 Å². The fraction of sp³-hybridized carbons (Fsp3) is 0.500.